The van der Waals surface area contributed by atoms with Gasteiger partial charge in [-0.2, -0.15) is 0 Å². The summed E-state index contributed by atoms with van der Waals surface area (Å²) in [5.74, 6) is -1.32. The fraction of sp³-hybridized carbons (Fsp3) is 0.787. The molecule has 5 unspecified atom stereocenters. The van der Waals surface area contributed by atoms with Crippen molar-refractivity contribution in [3.05, 3.63) is 48.6 Å². The van der Waals surface area contributed by atoms with Crippen LogP contribution in [-0.2, 0) is 50.9 Å². The molecule has 8 atom stereocenters. The molecule has 1 rings (SSSR count). The normalized spacial score (nSPS) is 21.7. The van der Waals surface area contributed by atoms with E-state index in [0.717, 1.165) is 103 Å². The predicted octanol–water partition coefficient (Wildman–Crippen LogP) is 9.40. The number of phosphoric acid groups is 3. The zero-order chi connectivity index (χ0) is 51.4. The van der Waals surface area contributed by atoms with Crippen LogP contribution in [0, 0.1) is 0 Å². The SMILES string of the molecule is CCCCC/C=C\C/C=C\CCCCCCCCCC(=O)OC[C@H](COP(=O)(O)O[C@H]1C(O)C(O)C(OP(=O)(O)O)[C@@H](OP(=O)(O)O)C1O)OC(=O)CCCCCCC/C=C\C/C=C\CCCCC. The first-order valence-corrected chi connectivity index (χ1v) is 29.5. The second-order valence-corrected chi connectivity index (χ2v) is 21.2. The summed E-state index contributed by atoms with van der Waals surface area (Å²) in [5.41, 5.74) is 0. The van der Waals surface area contributed by atoms with E-state index in [0.29, 0.717) is 12.8 Å². The van der Waals surface area contributed by atoms with Crippen LogP contribution < -0.4 is 0 Å². The number of allylic oxidation sites excluding steroid dienone is 8. The lowest BCUT2D eigenvalue weighted by Crippen LogP contribution is -2.65. The van der Waals surface area contributed by atoms with Gasteiger partial charge in [-0.1, -0.05) is 140 Å². The van der Waals surface area contributed by atoms with E-state index in [-0.39, 0.29) is 12.8 Å². The zero-order valence-electron chi connectivity index (χ0n) is 40.9. The Hall–Kier alpha value is -1.89. The maximum absolute atomic E-state index is 13.1. The Morgan fingerprint density at radius 1 is 0.464 bits per heavy atom. The molecule has 0 aliphatic heterocycles. The molecule has 1 aliphatic rings. The number of phosphoric ester groups is 3. The van der Waals surface area contributed by atoms with Crippen LogP contribution in [0.2, 0.25) is 0 Å². The number of ether oxygens (including phenoxy) is 2. The van der Waals surface area contributed by atoms with E-state index in [2.05, 4.69) is 71.5 Å². The maximum atomic E-state index is 13.1. The van der Waals surface area contributed by atoms with Gasteiger partial charge in [0.05, 0.1) is 6.61 Å². The van der Waals surface area contributed by atoms with Crippen molar-refractivity contribution in [2.24, 2.45) is 0 Å². The second kappa shape index (κ2) is 38.7. The quantitative estimate of drug-likeness (QED) is 0.0122. The smallest absolute Gasteiger partial charge is 0.462 e. The Morgan fingerprint density at radius 3 is 1.28 bits per heavy atom. The van der Waals surface area contributed by atoms with Gasteiger partial charge < -0.3 is 49.3 Å². The molecule has 0 bridgehead atoms. The van der Waals surface area contributed by atoms with Crippen LogP contribution in [-0.4, -0.2) is 108 Å². The number of esters is 2. The average Bonchev–Trinajstić information content (AvgIpc) is 3.28. The fourth-order valence-electron chi connectivity index (χ4n) is 7.35. The Morgan fingerprint density at radius 2 is 0.841 bits per heavy atom. The van der Waals surface area contributed by atoms with E-state index >= 15 is 0 Å². The highest BCUT2D eigenvalue weighted by Crippen LogP contribution is 2.51. The van der Waals surface area contributed by atoms with Gasteiger partial charge in [0.25, 0.3) is 0 Å². The van der Waals surface area contributed by atoms with Crippen LogP contribution in [0.1, 0.15) is 181 Å². The van der Waals surface area contributed by atoms with Gasteiger partial charge in [-0.15, -0.1) is 0 Å². The van der Waals surface area contributed by atoms with E-state index in [4.69, 9.17) is 18.5 Å². The zero-order valence-corrected chi connectivity index (χ0v) is 43.6. The summed E-state index contributed by atoms with van der Waals surface area (Å²) in [6.45, 7) is 2.88. The molecule has 0 aromatic rings. The van der Waals surface area contributed by atoms with Crippen molar-refractivity contribution in [3.63, 3.8) is 0 Å². The number of aliphatic hydroxyl groups excluding tert-OH is 3. The van der Waals surface area contributed by atoms with Crippen LogP contribution in [0.4, 0.5) is 0 Å². The summed E-state index contributed by atoms with van der Waals surface area (Å²) in [6, 6.07) is 0. The molecule has 0 amide bonds. The number of carbonyl (C=O) groups excluding carboxylic acids is 2. The van der Waals surface area contributed by atoms with Crippen LogP contribution >= 0.6 is 23.5 Å². The summed E-state index contributed by atoms with van der Waals surface area (Å²) in [4.78, 5) is 73.3. The number of unbranched alkanes of at least 4 members (excludes halogenated alkanes) is 18. The third-order valence-corrected chi connectivity index (χ3v) is 13.1. The molecule has 1 fully saturated rings. The minimum absolute atomic E-state index is 0.0209. The van der Waals surface area contributed by atoms with Gasteiger partial charge in [0.15, 0.2) is 6.10 Å². The van der Waals surface area contributed by atoms with Crippen LogP contribution in [0.25, 0.3) is 0 Å². The van der Waals surface area contributed by atoms with Gasteiger partial charge in [0.1, 0.15) is 43.2 Å². The number of hydrogen-bond donors (Lipinski definition) is 8. The number of aliphatic hydroxyl groups is 3. The van der Waals surface area contributed by atoms with E-state index in [9.17, 15) is 63.1 Å². The number of hydrogen-bond acceptors (Lipinski definition) is 14. The van der Waals surface area contributed by atoms with Gasteiger partial charge in [-0.3, -0.25) is 27.7 Å². The second-order valence-electron chi connectivity index (χ2n) is 17.4. The Kier molecular flexibility index (Phi) is 36.5. The van der Waals surface area contributed by atoms with Gasteiger partial charge in [-0.25, -0.2) is 13.7 Å². The molecule has 69 heavy (non-hydrogen) atoms. The van der Waals surface area contributed by atoms with Gasteiger partial charge in [0, 0.05) is 12.8 Å². The summed E-state index contributed by atoms with van der Waals surface area (Å²) in [7, 11) is -16.6. The molecule has 1 saturated carbocycles. The fourth-order valence-corrected chi connectivity index (χ4v) is 9.44. The molecule has 19 nitrogen and oxygen atoms in total. The van der Waals surface area contributed by atoms with Crippen LogP contribution in [0.5, 0.6) is 0 Å². The molecule has 1 aliphatic carbocycles. The van der Waals surface area contributed by atoms with Gasteiger partial charge in [-0.05, 0) is 77.0 Å². The van der Waals surface area contributed by atoms with Crippen LogP contribution in [0.15, 0.2) is 48.6 Å². The van der Waals surface area contributed by atoms with Crippen molar-refractivity contribution in [2.45, 2.75) is 224 Å². The largest absolute Gasteiger partial charge is 0.472 e. The van der Waals surface area contributed by atoms with Crippen molar-refractivity contribution < 1.29 is 90.6 Å². The third-order valence-electron chi connectivity index (χ3n) is 11.1. The molecule has 0 spiro atoms. The third kappa shape index (κ3) is 35.0. The monoisotopic (exact) mass is 1050 g/mol. The topological polar surface area (TPSA) is 303 Å². The lowest BCUT2D eigenvalue weighted by Gasteiger charge is -2.44. The highest BCUT2D eigenvalue weighted by molar-refractivity contribution is 7.47. The predicted molar refractivity (Wildman–Crippen MR) is 261 cm³/mol. The summed E-state index contributed by atoms with van der Waals surface area (Å²) >= 11 is 0. The summed E-state index contributed by atoms with van der Waals surface area (Å²) < 4.78 is 65.5. The van der Waals surface area contributed by atoms with Crippen molar-refractivity contribution >= 4 is 35.4 Å². The summed E-state index contributed by atoms with van der Waals surface area (Å²) in [5, 5.41) is 31.9. The Balaban J connectivity index is 2.72. The molecule has 0 aromatic heterocycles. The molecular weight excluding hydrogens is 961 g/mol. The van der Waals surface area contributed by atoms with Gasteiger partial charge >= 0.3 is 35.4 Å². The number of carbonyl (C=O) groups is 2. The van der Waals surface area contributed by atoms with E-state index in [1.54, 1.807) is 0 Å². The highest BCUT2D eigenvalue weighted by Gasteiger charge is 2.56. The van der Waals surface area contributed by atoms with Crippen molar-refractivity contribution in [1.29, 1.82) is 0 Å². The van der Waals surface area contributed by atoms with E-state index in [1.165, 1.54) is 38.5 Å². The van der Waals surface area contributed by atoms with E-state index in [1.807, 2.05) is 0 Å². The highest BCUT2D eigenvalue weighted by atomic mass is 31.2. The van der Waals surface area contributed by atoms with Crippen LogP contribution in [0.3, 0.4) is 0 Å². The minimum Gasteiger partial charge on any atom is -0.462 e. The Labute approximate surface area is 410 Å². The lowest BCUT2D eigenvalue weighted by molar-refractivity contribution is -0.213. The first-order chi connectivity index (χ1) is 32.8. The minimum atomic E-state index is -5.61. The molecule has 0 saturated heterocycles. The van der Waals surface area contributed by atoms with E-state index < -0.39 is 91.3 Å². The lowest BCUT2D eigenvalue weighted by atomic mass is 9.85. The first kappa shape index (κ1) is 65.1. The van der Waals surface area contributed by atoms with Crippen molar-refractivity contribution in [1.82, 2.24) is 0 Å². The van der Waals surface area contributed by atoms with Crippen molar-refractivity contribution in [2.75, 3.05) is 13.2 Å². The number of rotatable bonds is 42. The Bertz CT molecular complexity index is 1630. The molecule has 0 aromatic carbocycles. The standard InChI is InChI=1S/C47H85O19P3/c1-3-5-7-9-11-13-15-17-19-20-22-23-25-27-29-31-33-35-40(48)61-37-39(63-41(49)36-34-32-30-28-26-24-21-18-16-14-12-10-8-6-4-2)38-62-69(59,60)66-45-42(50)43(51)46(64-67(53,54)55)47(44(45)52)65-68(56,57)58/h11-14,17-19,21,39,42-47,50-52H,3-10,15-16,20,22-38H2,1-2H3,(H,59,60)(H2,53,54,55)(H2,56,57,58)/b13-11-,14-12-,19-17-,21-18-/t39-,42?,43?,44?,45+,46?,47+/m1/s1. The first-order valence-electron chi connectivity index (χ1n) is 24.9. The molecule has 0 radical (unpaired) electrons. The molecule has 402 valence electrons. The molecule has 22 heteroatoms. The molecule has 0 heterocycles. The summed E-state index contributed by atoms with van der Waals surface area (Å²) in [6.07, 6.45) is 25.4. The van der Waals surface area contributed by atoms with Crippen molar-refractivity contribution in [3.8, 4) is 0 Å². The average molecular weight is 1050 g/mol. The molecule has 8 N–H and O–H groups in total. The van der Waals surface area contributed by atoms with Gasteiger partial charge in [0.2, 0.25) is 0 Å². The molecular formula is C47H85O19P3. The maximum Gasteiger partial charge on any atom is 0.472 e.